The molecule has 1 aromatic carbocycles. The molecule has 3 heterocycles. The zero-order chi connectivity index (χ0) is 19.5. The number of carbonyl (C=O) groups excluding carboxylic acids is 1. The van der Waals surface area contributed by atoms with Crippen LogP contribution in [0.5, 0.6) is 0 Å². The van der Waals surface area contributed by atoms with Crippen molar-refractivity contribution >= 4 is 28.5 Å². The Morgan fingerprint density at radius 1 is 1.14 bits per heavy atom. The van der Waals surface area contributed by atoms with E-state index in [0.29, 0.717) is 18.9 Å². The van der Waals surface area contributed by atoms with E-state index < -0.39 is 0 Å². The van der Waals surface area contributed by atoms with Gasteiger partial charge in [-0.3, -0.25) is 9.69 Å². The fraction of sp³-hybridized carbons (Fsp3) is 0.409. The molecule has 2 aromatic heterocycles. The van der Waals surface area contributed by atoms with Crippen molar-refractivity contribution in [3.63, 3.8) is 0 Å². The van der Waals surface area contributed by atoms with E-state index in [2.05, 4.69) is 45.2 Å². The quantitative estimate of drug-likeness (QED) is 0.580. The molecule has 0 unspecified atom stereocenters. The number of likely N-dealkylation sites (tertiary alicyclic amines) is 1. The maximum Gasteiger partial charge on any atom is 0.153 e. The minimum absolute atomic E-state index is 0.260. The lowest BCUT2D eigenvalue weighted by Gasteiger charge is -2.31. The number of thiazole rings is 2. The molecule has 3 aromatic rings. The molecule has 0 atom stereocenters. The van der Waals surface area contributed by atoms with Crippen LogP contribution in [-0.2, 0) is 11.2 Å². The Morgan fingerprint density at radius 2 is 1.89 bits per heavy atom. The number of ketones is 1. The van der Waals surface area contributed by atoms with Crippen LogP contribution in [0.1, 0.15) is 40.0 Å². The molecule has 28 heavy (non-hydrogen) atoms. The predicted molar refractivity (Wildman–Crippen MR) is 116 cm³/mol. The molecule has 1 aliphatic heterocycles. The smallest absolute Gasteiger partial charge is 0.153 e. The van der Waals surface area contributed by atoms with Gasteiger partial charge < -0.3 is 0 Å². The minimum Gasteiger partial charge on any atom is -0.298 e. The second-order valence-corrected chi connectivity index (χ2v) is 9.60. The second kappa shape index (κ2) is 8.64. The topological polar surface area (TPSA) is 46.1 Å². The van der Waals surface area contributed by atoms with Gasteiger partial charge in [0.15, 0.2) is 5.78 Å². The first-order valence-electron chi connectivity index (χ1n) is 9.76. The van der Waals surface area contributed by atoms with Gasteiger partial charge in [0.05, 0.1) is 34.2 Å². The molecule has 0 aliphatic carbocycles. The van der Waals surface area contributed by atoms with Gasteiger partial charge in [0.2, 0.25) is 0 Å². The number of piperidine rings is 1. The lowest BCUT2D eigenvalue weighted by Crippen LogP contribution is -2.37. The molecule has 1 saturated heterocycles. The van der Waals surface area contributed by atoms with E-state index in [1.807, 2.05) is 19.2 Å². The maximum absolute atomic E-state index is 12.6. The van der Waals surface area contributed by atoms with Crippen LogP contribution in [0.25, 0.3) is 10.6 Å². The number of rotatable bonds is 6. The third-order valence-corrected chi connectivity index (χ3v) is 7.24. The van der Waals surface area contributed by atoms with E-state index in [4.69, 9.17) is 0 Å². The van der Waals surface area contributed by atoms with E-state index in [9.17, 15) is 4.79 Å². The maximum atomic E-state index is 12.6. The van der Waals surface area contributed by atoms with E-state index in [1.165, 1.54) is 5.56 Å². The standard InChI is InChI=1S/C22H25N3OS2/c1-15-22(28-16(2)23-15)20-14-27-21(24-20)12-19(26)13-25-10-8-18(9-11-25)17-6-4-3-5-7-17/h3-7,14,18H,8-13H2,1-2H3. The molecule has 0 radical (unpaired) electrons. The average molecular weight is 412 g/mol. The predicted octanol–water partition coefficient (Wildman–Crippen LogP) is 4.87. The molecule has 0 saturated carbocycles. The molecular formula is C22H25N3OS2. The van der Waals surface area contributed by atoms with Gasteiger partial charge in [-0.25, -0.2) is 9.97 Å². The molecule has 146 valence electrons. The number of nitrogens with zero attached hydrogens (tertiary/aromatic N) is 3. The van der Waals surface area contributed by atoms with Crippen molar-refractivity contribution in [2.45, 2.75) is 39.0 Å². The summed E-state index contributed by atoms with van der Waals surface area (Å²) >= 11 is 3.25. The number of aromatic nitrogens is 2. The van der Waals surface area contributed by atoms with E-state index >= 15 is 0 Å². The number of benzene rings is 1. The molecule has 0 spiro atoms. The number of hydrogen-bond acceptors (Lipinski definition) is 6. The second-order valence-electron chi connectivity index (χ2n) is 7.45. The molecule has 0 bridgehead atoms. The van der Waals surface area contributed by atoms with Crippen molar-refractivity contribution in [3.05, 3.63) is 57.0 Å². The van der Waals surface area contributed by atoms with Crippen molar-refractivity contribution in [2.75, 3.05) is 19.6 Å². The van der Waals surface area contributed by atoms with Crippen LogP contribution in [0.2, 0.25) is 0 Å². The van der Waals surface area contributed by atoms with Gasteiger partial charge in [0.25, 0.3) is 0 Å². The van der Waals surface area contributed by atoms with Crippen molar-refractivity contribution in [3.8, 4) is 10.6 Å². The lowest BCUT2D eigenvalue weighted by atomic mass is 9.89. The Bertz CT molecular complexity index is 940. The van der Waals surface area contributed by atoms with Crippen LogP contribution in [0, 0.1) is 13.8 Å². The molecular weight excluding hydrogens is 386 g/mol. The van der Waals surface area contributed by atoms with Crippen LogP contribution in [0.4, 0.5) is 0 Å². The fourth-order valence-electron chi connectivity index (χ4n) is 3.89. The molecule has 1 fully saturated rings. The molecule has 1 aliphatic rings. The summed E-state index contributed by atoms with van der Waals surface area (Å²) in [6, 6.07) is 10.7. The molecule has 4 rings (SSSR count). The molecule has 4 nitrogen and oxygen atoms in total. The van der Waals surface area contributed by atoms with Gasteiger partial charge in [0.1, 0.15) is 5.01 Å². The highest BCUT2D eigenvalue weighted by atomic mass is 32.1. The van der Waals surface area contributed by atoms with Crippen LogP contribution in [0.15, 0.2) is 35.7 Å². The van der Waals surface area contributed by atoms with Crippen molar-refractivity contribution < 1.29 is 4.79 Å². The molecule has 0 N–H and O–H groups in total. The summed E-state index contributed by atoms with van der Waals surface area (Å²) in [5, 5.41) is 4.01. The number of carbonyl (C=O) groups is 1. The van der Waals surface area contributed by atoms with E-state index in [1.54, 1.807) is 22.7 Å². The summed E-state index contributed by atoms with van der Waals surface area (Å²) in [6.07, 6.45) is 2.69. The SMILES string of the molecule is Cc1nc(C)c(-c2csc(CC(=O)CN3CCC(c4ccccc4)CC3)n2)s1. The first-order chi connectivity index (χ1) is 13.6. The summed E-state index contributed by atoms with van der Waals surface area (Å²) < 4.78 is 0. The Hall–Kier alpha value is -1.89. The van der Waals surface area contributed by atoms with Gasteiger partial charge in [-0.1, -0.05) is 30.3 Å². The number of Topliss-reactive ketones (excluding diaryl/α,β-unsaturated/α-hetero) is 1. The van der Waals surface area contributed by atoms with Gasteiger partial charge in [0, 0.05) is 5.38 Å². The average Bonchev–Trinajstić information content (AvgIpc) is 3.28. The summed E-state index contributed by atoms with van der Waals surface area (Å²) in [5.41, 5.74) is 3.41. The van der Waals surface area contributed by atoms with Crippen molar-refractivity contribution in [1.29, 1.82) is 0 Å². The summed E-state index contributed by atoms with van der Waals surface area (Å²) in [5.74, 6) is 0.886. The fourth-order valence-corrected chi connectivity index (χ4v) is 5.66. The molecule has 6 heteroatoms. The molecule has 0 amide bonds. The lowest BCUT2D eigenvalue weighted by molar-refractivity contribution is -0.119. The third kappa shape index (κ3) is 4.57. The third-order valence-electron chi connectivity index (χ3n) is 5.29. The van der Waals surface area contributed by atoms with Crippen LogP contribution in [0.3, 0.4) is 0 Å². The van der Waals surface area contributed by atoms with E-state index in [-0.39, 0.29) is 5.78 Å². The Morgan fingerprint density at radius 3 is 2.57 bits per heavy atom. The van der Waals surface area contributed by atoms with Crippen LogP contribution < -0.4 is 0 Å². The van der Waals surface area contributed by atoms with Crippen LogP contribution >= 0.6 is 22.7 Å². The normalized spacial score (nSPS) is 15.8. The van der Waals surface area contributed by atoms with Gasteiger partial charge in [-0.15, -0.1) is 22.7 Å². The first-order valence-corrected chi connectivity index (χ1v) is 11.5. The number of aryl methyl sites for hydroxylation is 2. The first kappa shape index (κ1) is 19.4. The Labute approximate surface area is 174 Å². The number of hydrogen-bond donors (Lipinski definition) is 0. The summed E-state index contributed by atoms with van der Waals surface area (Å²) in [4.78, 5) is 25.1. The van der Waals surface area contributed by atoms with Gasteiger partial charge in [-0.05, 0) is 51.3 Å². The summed E-state index contributed by atoms with van der Waals surface area (Å²) in [7, 11) is 0. The van der Waals surface area contributed by atoms with E-state index in [0.717, 1.165) is 52.2 Å². The monoisotopic (exact) mass is 411 g/mol. The van der Waals surface area contributed by atoms with Gasteiger partial charge in [-0.2, -0.15) is 0 Å². The van der Waals surface area contributed by atoms with Crippen molar-refractivity contribution in [1.82, 2.24) is 14.9 Å². The largest absolute Gasteiger partial charge is 0.298 e. The highest BCUT2D eigenvalue weighted by molar-refractivity contribution is 7.16. The highest BCUT2D eigenvalue weighted by Crippen LogP contribution is 2.31. The Kier molecular flexibility index (Phi) is 5.99. The highest BCUT2D eigenvalue weighted by Gasteiger charge is 2.22. The van der Waals surface area contributed by atoms with Crippen molar-refractivity contribution in [2.24, 2.45) is 0 Å². The minimum atomic E-state index is 0.260. The zero-order valence-electron chi connectivity index (χ0n) is 16.4. The summed E-state index contributed by atoms with van der Waals surface area (Å²) in [6.45, 7) is 6.55. The van der Waals surface area contributed by atoms with Crippen LogP contribution in [-0.4, -0.2) is 40.3 Å². The Balaban J connectivity index is 1.29. The zero-order valence-corrected chi connectivity index (χ0v) is 18.0. The van der Waals surface area contributed by atoms with Gasteiger partial charge >= 0.3 is 0 Å².